The fourth-order valence-corrected chi connectivity index (χ4v) is 7.14. The minimum absolute atomic E-state index is 0.608. The van der Waals surface area contributed by atoms with Crippen molar-refractivity contribution in [2.24, 2.45) is 0 Å². The molecule has 0 saturated carbocycles. The predicted molar refractivity (Wildman–Crippen MR) is 221 cm³/mol. The Balaban J connectivity index is 1.38. The molecule has 4 heteroatoms. The van der Waals surface area contributed by atoms with Crippen LogP contribution in [0.4, 0.5) is 11.4 Å². The summed E-state index contributed by atoms with van der Waals surface area (Å²) in [5.74, 6) is 0.788. The second-order valence-electron chi connectivity index (χ2n) is 15.0. The Hall–Kier alpha value is -3.40. The maximum absolute atomic E-state index is 4.96. The molecule has 4 rings (SSSR count). The van der Waals surface area contributed by atoms with Crippen LogP contribution < -0.4 is 4.90 Å². The summed E-state index contributed by atoms with van der Waals surface area (Å²) in [5.41, 5.74) is 7.73. The monoisotopic (exact) mass is 691 g/mol. The number of benzene rings is 3. The van der Waals surface area contributed by atoms with Gasteiger partial charge in [-0.05, 0) is 79.5 Å². The normalized spacial score (nSPS) is 11.4. The van der Waals surface area contributed by atoms with Crippen LogP contribution in [0.5, 0.6) is 0 Å². The highest BCUT2D eigenvalue weighted by atomic mass is 15.4. The molecule has 278 valence electrons. The van der Waals surface area contributed by atoms with Gasteiger partial charge >= 0.3 is 0 Å². The molecule has 0 aliphatic carbocycles. The lowest BCUT2D eigenvalue weighted by atomic mass is 10.0. The van der Waals surface area contributed by atoms with Crippen molar-refractivity contribution in [2.45, 2.75) is 175 Å². The molecule has 0 radical (unpaired) electrons. The van der Waals surface area contributed by atoms with Crippen LogP contribution in [0.15, 0.2) is 79.1 Å². The van der Waals surface area contributed by atoms with Crippen LogP contribution in [0.25, 0.3) is 11.4 Å². The van der Waals surface area contributed by atoms with Gasteiger partial charge in [-0.25, -0.2) is 9.67 Å². The van der Waals surface area contributed by atoms with E-state index in [1.165, 1.54) is 156 Å². The highest BCUT2D eigenvalue weighted by molar-refractivity contribution is 5.63. The molecule has 1 heterocycles. The Labute approximate surface area is 312 Å². The summed E-state index contributed by atoms with van der Waals surface area (Å²) in [6, 6.07) is 27.4. The summed E-state index contributed by atoms with van der Waals surface area (Å²) in [6.45, 7) is 7.47. The van der Waals surface area contributed by atoms with Crippen molar-refractivity contribution in [1.82, 2.24) is 14.8 Å². The lowest BCUT2D eigenvalue weighted by molar-refractivity contribution is 0.589. The van der Waals surface area contributed by atoms with Crippen LogP contribution in [0, 0.1) is 0 Å². The highest BCUT2D eigenvalue weighted by Gasteiger charge is 2.13. The molecule has 51 heavy (non-hydrogen) atoms. The average Bonchev–Trinajstić information content (AvgIpc) is 3.64. The molecule has 0 atom stereocenters. The lowest BCUT2D eigenvalue weighted by Gasteiger charge is -2.25. The molecule has 0 fully saturated rings. The van der Waals surface area contributed by atoms with Crippen LogP contribution in [0.1, 0.15) is 166 Å². The third kappa shape index (κ3) is 15.4. The number of rotatable bonds is 28. The van der Waals surface area contributed by atoms with Gasteiger partial charge in [-0.2, -0.15) is 0 Å². The number of hydrogen-bond acceptors (Lipinski definition) is 3. The highest BCUT2D eigenvalue weighted by Crippen LogP contribution is 2.28. The molecule has 0 amide bonds. The van der Waals surface area contributed by atoms with Gasteiger partial charge in [0.1, 0.15) is 13.0 Å². The second-order valence-corrected chi connectivity index (χ2v) is 15.0. The zero-order valence-electron chi connectivity index (χ0n) is 32.8. The Kier molecular flexibility index (Phi) is 19.6. The van der Waals surface area contributed by atoms with E-state index < -0.39 is 0 Å². The molecule has 0 aliphatic rings. The van der Waals surface area contributed by atoms with Crippen LogP contribution in [-0.4, -0.2) is 14.8 Å². The van der Waals surface area contributed by atoms with Gasteiger partial charge in [0.05, 0.1) is 0 Å². The lowest BCUT2D eigenvalue weighted by Crippen LogP contribution is -2.21. The first-order valence-corrected chi connectivity index (χ1v) is 21.1. The molecule has 3 aromatic carbocycles. The molecule has 0 bridgehead atoms. The minimum atomic E-state index is 0.608. The van der Waals surface area contributed by atoms with Crippen LogP contribution in [0.3, 0.4) is 0 Å². The molecule has 0 saturated heterocycles. The van der Waals surface area contributed by atoms with Crippen molar-refractivity contribution < 1.29 is 0 Å². The summed E-state index contributed by atoms with van der Waals surface area (Å²) in [6.07, 6.45) is 32.2. The van der Waals surface area contributed by atoms with Crippen molar-refractivity contribution in [3.05, 3.63) is 95.8 Å². The molecular formula is C47H70N4. The number of aryl methyl sites for hydroxylation is 3. The molecule has 1 aromatic heterocycles. The zero-order valence-corrected chi connectivity index (χ0v) is 32.8. The fourth-order valence-electron chi connectivity index (χ4n) is 7.14. The van der Waals surface area contributed by atoms with Gasteiger partial charge in [-0.1, -0.05) is 178 Å². The van der Waals surface area contributed by atoms with Crippen molar-refractivity contribution >= 4 is 11.4 Å². The van der Waals surface area contributed by atoms with Crippen LogP contribution in [-0.2, 0) is 25.9 Å². The van der Waals surface area contributed by atoms with Crippen LogP contribution in [0.2, 0.25) is 0 Å². The van der Waals surface area contributed by atoms with Gasteiger partial charge in [-0.3, -0.25) is 0 Å². The smallest absolute Gasteiger partial charge is 0.181 e. The van der Waals surface area contributed by atoms with E-state index in [4.69, 9.17) is 10.1 Å². The summed E-state index contributed by atoms with van der Waals surface area (Å²) < 4.78 is 1.98. The Morgan fingerprint density at radius 2 is 0.784 bits per heavy atom. The second kappa shape index (κ2) is 24.7. The number of unbranched alkanes of at least 4 members (excludes halogenated alkanes) is 17. The third-order valence-electron chi connectivity index (χ3n) is 10.5. The van der Waals surface area contributed by atoms with E-state index in [1.807, 2.05) is 11.0 Å². The van der Waals surface area contributed by atoms with E-state index in [-0.39, 0.29) is 0 Å². The Morgan fingerprint density at radius 3 is 1.18 bits per heavy atom. The zero-order chi connectivity index (χ0) is 35.8. The molecule has 0 spiro atoms. The molecule has 4 nitrogen and oxygen atoms in total. The largest absolute Gasteiger partial charge is 0.321 e. The van der Waals surface area contributed by atoms with Gasteiger partial charge in [0.25, 0.3) is 0 Å². The first-order chi connectivity index (χ1) is 25.2. The van der Waals surface area contributed by atoms with E-state index in [1.54, 1.807) is 0 Å². The van der Waals surface area contributed by atoms with Crippen LogP contribution >= 0.6 is 0 Å². The maximum Gasteiger partial charge on any atom is 0.181 e. The molecule has 0 N–H and O–H groups in total. The van der Waals surface area contributed by atoms with Gasteiger partial charge < -0.3 is 4.90 Å². The van der Waals surface area contributed by atoms with Gasteiger partial charge in [0.2, 0.25) is 0 Å². The SMILES string of the molecule is CCCCCCCCCc1ccc(N(Cn2cnc(-c3ccc(CCCCCCCC)cc3)n2)c2ccc(CCCCCCCCC)cc2)cc1. The van der Waals surface area contributed by atoms with E-state index in [0.29, 0.717) is 6.67 Å². The Bertz CT molecular complexity index is 1360. The summed E-state index contributed by atoms with van der Waals surface area (Å²) in [5, 5.41) is 4.96. The van der Waals surface area contributed by atoms with Crippen molar-refractivity contribution in [3.63, 3.8) is 0 Å². The minimum Gasteiger partial charge on any atom is -0.321 e. The number of hydrogen-bond donors (Lipinski definition) is 0. The van der Waals surface area contributed by atoms with E-state index in [9.17, 15) is 0 Å². The third-order valence-corrected chi connectivity index (χ3v) is 10.5. The van der Waals surface area contributed by atoms with E-state index >= 15 is 0 Å². The first-order valence-electron chi connectivity index (χ1n) is 21.1. The molecular weight excluding hydrogens is 621 g/mol. The Morgan fingerprint density at radius 1 is 0.431 bits per heavy atom. The topological polar surface area (TPSA) is 34.0 Å². The van der Waals surface area contributed by atoms with Gasteiger partial charge in [0, 0.05) is 16.9 Å². The van der Waals surface area contributed by atoms with E-state index in [0.717, 1.165) is 30.7 Å². The number of anilines is 2. The fraction of sp³-hybridized carbons (Fsp3) is 0.574. The quantitative estimate of drug-likeness (QED) is 0.0556. The standard InChI is InChI=1S/C47H70N4/c1-4-7-10-13-16-19-22-25-42-29-35-45(36-30-42)51(46-37-31-43(32-38-46)26-23-20-17-14-11-8-5-2)40-50-39-48-47(49-50)44-33-27-41(28-34-44)24-21-18-15-12-9-6-3/h27-39H,4-26,40H2,1-3H3. The predicted octanol–water partition coefficient (Wildman–Crippen LogP) is 14.2. The van der Waals surface area contributed by atoms with Crippen molar-refractivity contribution in [1.29, 1.82) is 0 Å². The van der Waals surface area contributed by atoms with Crippen molar-refractivity contribution in [2.75, 3.05) is 4.90 Å². The number of aromatic nitrogens is 3. The summed E-state index contributed by atoms with van der Waals surface area (Å²) >= 11 is 0. The van der Waals surface area contributed by atoms with Gasteiger partial charge in [0.15, 0.2) is 5.82 Å². The number of nitrogens with zero attached hydrogens (tertiary/aromatic N) is 4. The molecule has 0 aliphatic heterocycles. The summed E-state index contributed by atoms with van der Waals surface area (Å²) in [4.78, 5) is 7.12. The first kappa shape index (κ1) is 40.4. The van der Waals surface area contributed by atoms with E-state index in [2.05, 4.69) is 98.5 Å². The molecule has 0 unspecified atom stereocenters. The molecule has 4 aromatic rings. The summed E-state index contributed by atoms with van der Waals surface area (Å²) in [7, 11) is 0. The average molecular weight is 691 g/mol. The maximum atomic E-state index is 4.96. The van der Waals surface area contributed by atoms with Gasteiger partial charge in [-0.15, -0.1) is 5.10 Å². The van der Waals surface area contributed by atoms with Crippen molar-refractivity contribution in [3.8, 4) is 11.4 Å².